The highest BCUT2D eigenvalue weighted by atomic mass is 32.2. The molecule has 7 nitrogen and oxygen atoms in total. The number of amides is 3. The predicted octanol–water partition coefficient (Wildman–Crippen LogP) is 0.181. The van der Waals surface area contributed by atoms with Crippen molar-refractivity contribution in [3.63, 3.8) is 0 Å². The maximum absolute atomic E-state index is 11.6. The molecule has 1 aromatic rings. The Labute approximate surface area is 120 Å². The summed E-state index contributed by atoms with van der Waals surface area (Å²) >= 11 is 1.20. The predicted molar refractivity (Wildman–Crippen MR) is 73.0 cm³/mol. The largest absolute Gasteiger partial charge is 0.467 e. The molecule has 1 aliphatic heterocycles. The van der Waals surface area contributed by atoms with Gasteiger partial charge in [0.05, 0.1) is 19.4 Å². The molecule has 0 aliphatic carbocycles. The van der Waals surface area contributed by atoms with Gasteiger partial charge < -0.3 is 20.0 Å². The van der Waals surface area contributed by atoms with Crippen LogP contribution in [0.4, 0.5) is 4.79 Å². The van der Waals surface area contributed by atoms with Crippen LogP contribution in [-0.4, -0.2) is 47.3 Å². The molecule has 0 saturated carbocycles. The molecule has 8 heteroatoms. The first-order valence-corrected chi connectivity index (χ1v) is 7.11. The highest BCUT2D eigenvalue weighted by Crippen LogP contribution is 2.16. The van der Waals surface area contributed by atoms with E-state index in [0.29, 0.717) is 18.1 Å². The summed E-state index contributed by atoms with van der Waals surface area (Å²) in [6.45, 7) is 0.733. The van der Waals surface area contributed by atoms with Gasteiger partial charge >= 0.3 is 0 Å². The molecule has 1 aliphatic rings. The van der Waals surface area contributed by atoms with Gasteiger partial charge in [-0.25, -0.2) is 0 Å². The van der Waals surface area contributed by atoms with Crippen molar-refractivity contribution in [2.45, 2.75) is 6.54 Å². The van der Waals surface area contributed by atoms with Crippen molar-refractivity contribution < 1.29 is 18.8 Å². The van der Waals surface area contributed by atoms with Crippen LogP contribution < -0.4 is 10.6 Å². The van der Waals surface area contributed by atoms with E-state index < -0.39 is 0 Å². The first kappa shape index (κ1) is 14.4. The lowest BCUT2D eigenvalue weighted by Crippen LogP contribution is -2.42. The van der Waals surface area contributed by atoms with Crippen LogP contribution in [0.1, 0.15) is 5.76 Å². The summed E-state index contributed by atoms with van der Waals surface area (Å²) in [7, 11) is 0. The Hall–Kier alpha value is -1.96. The van der Waals surface area contributed by atoms with Crippen LogP contribution in [0.3, 0.4) is 0 Å². The summed E-state index contributed by atoms with van der Waals surface area (Å²) in [6, 6.07) is 3.48. The van der Waals surface area contributed by atoms with Crippen LogP contribution in [0.25, 0.3) is 0 Å². The molecule has 2 rings (SSSR count). The zero-order valence-corrected chi connectivity index (χ0v) is 11.6. The molecule has 0 aromatic carbocycles. The molecule has 0 unspecified atom stereocenters. The molecule has 1 aromatic heterocycles. The SMILES string of the molecule is O=C(CNC(=O)CN1CCSC1=O)NCc1ccco1. The van der Waals surface area contributed by atoms with Crippen LogP contribution in [0.15, 0.2) is 22.8 Å². The molecule has 108 valence electrons. The summed E-state index contributed by atoms with van der Waals surface area (Å²) in [4.78, 5) is 35.8. The molecule has 1 fully saturated rings. The fraction of sp³-hybridized carbons (Fsp3) is 0.417. The monoisotopic (exact) mass is 297 g/mol. The molecule has 1 saturated heterocycles. The topological polar surface area (TPSA) is 91.7 Å². The third-order valence-corrected chi connectivity index (χ3v) is 3.56. The van der Waals surface area contributed by atoms with Gasteiger partial charge in [-0.1, -0.05) is 11.8 Å². The van der Waals surface area contributed by atoms with Crippen molar-refractivity contribution in [1.82, 2.24) is 15.5 Å². The quantitative estimate of drug-likeness (QED) is 0.781. The Morgan fingerprint density at radius 1 is 1.35 bits per heavy atom. The lowest BCUT2D eigenvalue weighted by molar-refractivity contribution is -0.126. The molecule has 0 spiro atoms. The minimum Gasteiger partial charge on any atom is -0.467 e. The highest BCUT2D eigenvalue weighted by molar-refractivity contribution is 8.13. The van der Waals surface area contributed by atoms with Gasteiger partial charge in [0, 0.05) is 12.3 Å². The second-order valence-corrected chi connectivity index (χ2v) is 5.21. The van der Waals surface area contributed by atoms with Crippen molar-refractivity contribution in [2.24, 2.45) is 0 Å². The summed E-state index contributed by atoms with van der Waals surface area (Å²) in [5, 5.41) is 4.99. The smallest absolute Gasteiger partial charge is 0.282 e. The summed E-state index contributed by atoms with van der Waals surface area (Å²) in [6.07, 6.45) is 1.52. The molecule has 2 N–H and O–H groups in total. The maximum atomic E-state index is 11.6. The number of nitrogens with one attached hydrogen (secondary N) is 2. The molecule has 0 atom stereocenters. The van der Waals surface area contributed by atoms with Gasteiger partial charge in [0.1, 0.15) is 12.3 Å². The maximum Gasteiger partial charge on any atom is 0.282 e. The van der Waals surface area contributed by atoms with Crippen LogP contribution in [0, 0.1) is 0 Å². The molecule has 0 radical (unpaired) electrons. The van der Waals surface area contributed by atoms with Crippen molar-refractivity contribution in [1.29, 1.82) is 0 Å². The second-order valence-electron chi connectivity index (χ2n) is 4.17. The Morgan fingerprint density at radius 3 is 2.85 bits per heavy atom. The van der Waals surface area contributed by atoms with E-state index in [1.54, 1.807) is 12.1 Å². The van der Waals surface area contributed by atoms with E-state index in [2.05, 4.69) is 10.6 Å². The highest BCUT2D eigenvalue weighted by Gasteiger charge is 2.23. The fourth-order valence-electron chi connectivity index (χ4n) is 1.64. The molecular formula is C12H15N3O4S. The summed E-state index contributed by atoms with van der Waals surface area (Å²) in [5.41, 5.74) is 0. The number of thioether (sulfide) groups is 1. The standard InChI is InChI=1S/C12H15N3O4S/c16-10(13-6-9-2-1-4-19-9)7-14-11(17)8-15-3-5-20-12(15)18/h1-2,4H,3,5-8H2,(H,13,16)(H,14,17). The van der Waals surface area contributed by atoms with Crippen molar-refractivity contribution >= 4 is 28.8 Å². The first-order valence-electron chi connectivity index (χ1n) is 6.12. The number of nitrogens with zero attached hydrogens (tertiary/aromatic N) is 1. The van der Waals surface area contributed by atoms with Crippen LogP contribution >= 0.6 is 11.8 Å². The van der Waals surface area contributed by atoms with Gasteiger partial charge in [-0.2, -0.15) is 0 Å². The van der Waals surface area contributed by atoms with Gasteiger partial charge in [0.25, 0.3) is 5.24 Å². The van der Waals surface area contributed by atoms with Crippen molar-refractivity contribution in [2.75, 3.05) is 25.4 Å². The minimum absolute atomic E-state index is 0.00268. The van der Waals surface area contributed by atoms with Gasteiger partial charge in [0.2, 0.25) is 11.8 Å². The van der Waals surface area contributed by atoms with Crippen molar-refractivity contribution in [3.05, 3.63) is 24.2 Å². The van der Waals surface area contributed by atoms with Gasteiger partial charge in [-0.05, 0) is 12.1 Å². The number of rotatable bonds is 6. The average Bonchev–Trinajstić information content (AvgIpc) is 3.07. The lowest BCUT2D eigenvalue weighted by Gasteiger charge is -2.13. The summed E-state index contributed by atoms with van der Waals surface area (Å²) in [5.74, 6) is 0.700. The molecular weight excluding hydrogens is 282 g/mol. The Bertz CT molecular complexity index is 489. The van der Waals surface area contributed by atoms with Gasteiger partial charge in [0.15, 0.2) is 0 Å². The zero-order valence-electron chi connectivity index (χ0n) is 10.8. The number of carbonyl (C=O) groups is 3. The number of hydrogen-bond donors (Lipinski definition) is 2. The fourth-order valence-corrected chi connectivity index (χ4v) is 2.46. The number of furan rings is 1. The van der Waals surface area contributed by atoms with E-state index in [4.69, 9.17) is 4.42 Å². The Kier molecular flexibility index (Phi) is 5.05. The Balaban J connectivity index is 1.62. The third kappa shape index (κ3) is 4.30. The first-order chi connectivity index (χ1) is 9.65. The zero-order chi connectivity index (χ0) is 14.4. The van der Waals surface area contributed by atoms with E-state index in [9.17, 15) is 14.4 Å². The van der Waals surface area contributed by atoms with Crippen LogP contribution in [0.5, 0.6) is 0 Å². The molecule has 20 heavy (non-hydrogen) atoms. The number of carbonyl (C=O) groups excluding carboxylic acids is 3. The van der Waals surface area contributed by atoms with Gasteiger partial charge in [-0.15, -0.1) is 0 Å². The molecule has 0 bridgehead atoms. The van der Waals surface area contributed by atoms with Crippen LogP contribution in [0.2, 0.25) is 0 Å². The van der Waals surface area contributed by atoms with Crippen LogP contribution in [-0.2, 0) is 16.1 Å². The summed E-state index contributed by atoms with van der Waals surface area (Å²) < 4.78 is 5.06. The number of hydrogen-bond acceptors (Lipinski definition) is 5. The normalized spacial score (nSPS) is 14.4. The van der Waals surface area contributed by atoms with E-state index in [1.165, 1.54) is 22.9 Å². The third-order valence-electron chi connectivity index (χ3n) is 2.67. The lowest BCUT2D eigenvalue weighted by atomic mass is 10.4. The van der Waals surface area contributed by atoms with E-state index in [-0.39, 0.29) is 36.7 Å². The van der Waals surface area contributed by atoms with E-state index in [1.807, 2.05) is 0 Å². The molecule has 3 amide bonds. The van der Waals surface area contributed by atoms with E-state index in [0.717, 1.165) is 0 Å². The van der Waals surface area contributed by atoms with Gasteiger partial charge in [-0.3, -0.25) is 14.4 Å². The molecule has 2 heterocycles. The Morgan fingerprint density at radius 2 is 2.20 bits per heavy atom. The minimum atomic E-state index is -0.339. The average molecular weight is 297 g/mol. The van der Waals surface area contributed by atoms with Crippen molar-refractivity contribution in [3.8, 4) is 0 Å². The van der Waals surface area contributed by atoms with E-state index >= 15 is 0 Å². The second kappa shape index (κ2) is 6.99.